The van der Waals surface area contributed by atoms with Crippen LogP contribution in [0.25, 0.3) is 0 Å². The average Bonchev–Trinajstić information content (AvgIpc) is 2.15. The van der Waals surface area contributed by atoms with Crippen molar-refractivity contribution >= 4 is 5.91 Å². The molecular formula is C9H21N3O. The molecule has 13 heavy (non-hydrogen) atoms. The Morgan fingerprint density at radius 3 is 2.69 bits per heavy atom. The van der Waals surface area contributed by atoms with Crippen LogP contribution < -0.4 is 11.3 Å². The quantitative estimate of drug-likeness (QED) is 0.361. The van der Waals surface area contributed by atoms with Crippen molar-refractivity contribution in [1.29, 1.82) is 0 Å². The Morgan fingerprint density at radius 1 is 1.62 bits per heavy atom. The van der Waals surface area contributed by atoms with Crippen molar-refractivity contribution in [3.8, 4) is 0 Å². The van der Waals surface area contributed by atoms with Gasteiger partial charge in [0, 0.05) is 12.5 Å². The molecule has 1 atom stereocenters. The number of carbonyl (C=O) groups is 1. The van der Waals surface area contributed by atoms with Gasteiger partial charge in [-0.15, -0.1) is 0 Å². The van der Waals surface area contributed by atoms with Crippen LogP contribution in [0.15, 0.2) is 0 Å². The SMILES string of the molecule is CCC(C)N(C)CCCC(=O)NN. The van der Waals surface area contributed by atoms with E-state index < -0.39 is 0 Å². The molecule has 0 rings (SSSR count). The Bertz CT molecular complexity index is 150. The molecule has 3 N–H and O–H groups in total. The van der Waals surface area contributed by atoms with Crippen molar-refractivity contribution < 1.29 is 4.79 Å². The van der Waals surface area contributed by atoms with Gasteiger partial charge < -0.3 is 4.90 Å². The summed E-state index contributed by atoms with van der Waals surface area (Å²) in [6, 6.07) is 0.584. The van der Waals surface area contributed by atoms with E-state index >= 15 is 0 Å². The number of hydrazine groups is 1. The van der Waals surface area contributed by atoms with E-state index in [1.165, 1.54) is 0 Å². The molecule has 1 unspecified atom stereocenters. The first-order valence-corrected chi connectivity index (χ1v) is 4.81. The van der Waals surface area contributed by atoms with Gasteiger partial charge >= 0.3 is 0 Å². The predicted octanol–water partition coefficient (Wildman–Crippen LogP) is 0.487. The summed E-state index contributed by atoms with van der Waals surface area (Å²) < 4.78 is 0. The number of hydrogen-bond acceptors (Lipinski definition) is 3. The van der Waals surface area contributed by atoms with Gasteiger partial charge in [0.2, 0.25) is 5.91 Å². The maximum absolute atomic E-state index is 10.8. The molecular weight excluding hydrogens is 166 g/mol. The second kappa shape index (κ2) is 6.86. The fraction of sp³-hybridized carbons (Fsp3) is 0.889. The van der Waals surface area contributed by atoms with Crippen LogP contribution in [0.1, 0.15) is 33.1 Å². The highest BCUT2D eigenvalue weighted by atomic mass is 16.2. The van der Waals surface area contributed by atoms with Crippen LogP contribution in [0.3, 0.4) is 0 Å². The predicted molar refractivity (Wildman–Crippen MR) is 53.9 cm³/mol. The summed E-state index contributed by atoms with van der Waals surface area (Å²) in [5.74, 6) is 4.88. The summed E-state index contributed by atoms with van der Waals surface area (Å²) in [6.45, 7) is 5.29. The Kier molecular flexibility index (Phi) is 6.54. The lowest BCUT2D eigenvalue weighted by molar-refractivity contribution is -0.121. The summed E-state index contributed by atoms with van der Waals surface area (Å²) in [7, 11) is 2.08. The number of amides is 1. The van der Waals surface area contributed by atoms with Crippen LogP contribution >= 0.6 is 0 Å². The molecule has 0 aliphatic rings. The molecule has 0 radical (unpaired) electrons. The summed E-state index contributed by atoms with van der Waals surface area (Å²) in [5.41, 5.74) is 2.12. The van der Waals surface area contributed by atoms with Crippen LogP contribution in [0, 0.1) is 0 Å². The third kappa shape index (κ3) is 5.60. The van der Waals surface area contributed by atoms with E-state index in [0.29, 0.717) is 12.5 Å². The van der Waals surface area contributed by atoms with Crippen molar-refractivity contribution in [3.05, 3.63) is 0 Å². The minimum atomic E-state index is -0.0856. The molecule has 0 aliphatic heterocycles. The first kappa shape index (κ1) is 12.4. The average molecular weight is 187 g/mol. The zero-order chi connectivity index (χ0) is 10.3. The molecule has 78 valence electrons. The highest BCUT2D eigenvalue weighted by molar-refractivity contribution is 5.75. The number of nitrogens with one attached hydrogen (secondary N) is 1. The van der Waals surface area contributed by atoms with Crippen molar-refractivity contribution in [2.75, 3.05) is 13.6 Å². The Labute approximate surface area is 80.4 Å². The van der Waals surface area contributed by atoms with E-state index in [4.69, 9.17) is 5.84 Å². The molecule has 0 heterocycles. The van der Waals surface area contributed by atoms with Gasteiger partial charge in [0.25, 0.3) is 0 Å². The number of carbonyl (C=O) groups excluding carboxylic acids is 1. The summed E-state index contributed by atoms with van der Waals surface area (Å²) in [5, 5.41) is 0. The van der Waals surface area contributed by atoms with E-state index in [1.807, 2.05) is 0 Å². The van der Waals surface area contributed by atoms with Crippen molar-refractivity contribution in [2.45, 2.75) is 39.2 Å². The van der Waals surface area contributed by atoms with Crippen molar-refractivity contribution in [3.63, 3.8) is 0 Å². The van der Waals surface area contributed by atoms with E-state index in [9.17, 15) is 4.79 Å². The lowest BCUT2D eigenvalue weighted by Gasteiger charge is -2.22. The molecule has 0 bridgehead atoms. The molecule has 0 aromatic heterocycles. The van der Waals surface area contributed by atoms with Gasteiger partial charge in [0.05, 0.1) is 0 Å². The van der Waals surface area contributed by atoms with Gasteiger partial charge in [0.1, 0.15) is 0 Å². The first-order chi connectivity index (χ1) is 6.11. The minimum absolute atomic E-state index is 0.0856. The highest BCUT2D eigenvalue weighted by Gasteiger charge is 2.06. The molecule has 0 saturated carbocycles. The van der Waals surface area contributed by atoms with Gasteiger partial charge in [-0.3, -0.25) is 10.2 Å². The van der Waals surface area contributed by atoms with Crippen LogP contribution in [-0.2, 0) is 4.79 Å². The zero-order valence-electron chi connectivity index (χ0n) is 8.84. The second-order valence-electron chi connectivity index (χ2n) is 3.41. The number of nitrogens with zero attached hydrogens (tertiary/aromatic N) is 1. The van der Waals surface area contributed by atoms with Gasteiger partial charge in [-0.1, -0.05) is 6.92 Å². The molecule has 0 aromatic rings. The van der Waals surface area contributed by atoms with E-state index in [2.05, 4.69) is 31.2 Å². The first-order valence-electron chi connectivity index (χ1n) is 4.81. The van der Waals surface area contributed by atoms with Crippen LogP contribution in [0.4, 0.5) is 0 Å². The zero-order valence-corrected chi connectivity index (χ0v) is 8.84. The molecule has 0 aromatic carbocycles. The number of nitrogens with two attached hydrogens (primary N) is 1. The maximum atomic E-state index is 10.8. The third-order valence-corrected chi connectivity index (χ3v) is 2.42. The lowest BCUT2D eigenvalue weighted by Crippen LogP contribution is -2.32. The molecule has 4 nitrogen and oxygen atoms in total. The van der Waals surface area contributed by atoms with Gasteiger partial charge in [-0.05, 0) is 33.4 Å². The van der Waals surface area contributed by atoms with Gasteiger partial charge in [-0.2, -0.15) is 0 Å². The lowest BCUT2D eigenvalue weighted by atomic mass is 10.2. The fourth-order valence-corrected chi connectivity index (χ4v) is 1.09. The van der Waals surface area contributed by atoms with Crippen LogP contribution in [0.2, 0.25) is 0 Å². The van der Waals surface area contributed by atoms with Crippen molar-refractivity contribution in [2.24, 2.45) is 5.84 Å². The summed E-state index contributed by atoms with van der Waals surface area (Å²) >= 11 is 0. The second-order valence-corrected chi connectivity index (χ2v) is 3.41. The topological polar surface area (TPSA) is 58.4 Å². The minimum Gasteiger partial charge on any atom is -0.304 e. The molecule has 0 fully saturated rings. The standard InChI is InChI=1S/C9H21N3O/c1-4-8(2)12(3)7-5-6-9(13)11-10/h8H,4-7,10H2,1-3H3,(H,11,13). The van der Waals surface area contributed by atoms with E-state index in [1.54, 1.807) is 0 Å². The summed E-state index contributed by atoms with van der Waals surface area (Å²) in [6.07, 6.45) is 2.51. The normalized spacial score (nSPS) is 13.0. The molecule has 0 spiro atoms. The van der Waals surface area contributed by atoms with Crippen LogP contribution in [-0.4, -0.2) is 30.4 Å². The Hall–Kier alpha value is -0.610. The van der Waals surface area contributed by atoms with Gasteiger partial charge in [0.15, 0.2) is 0 Å². The molecule has 0 aliphatic carbocycles. The third-order valence-electron chi connectivity index (χ3n) is 2.42. The largest absolute Gasteiger partial charge is 0.304 e. The van der Waals surface area contributed by atoms with Crippen molar-refractivity contribution in [1.82, 2.24) is 10.3 Å². The molecule has 4 heteroatoms. The van der Waals surface area contributed by atoms with Crippen LogP contribution in [0.5, 0.6) is 0 Å². The van der Waals surface area contributed by atoms with E-state index in [0.717, 1.165) is 19.4 Å². The molecule has 1 amide bonds. The maximum Gasteiger partial charge on any atom is 0.233 e. The Balaban J connectivity index is 3.47. The smallest absolute Gasteiger partial charge is 0.233 e. The monoisotopic (exact) mass is 187 g/mol. The Morgan fingerprint density at radius 2 is 2.23 bits per heavy atom. The highest BCUT2D eigenvalue weighted by Crippen LogP contribution is 2.01. The van der Waals surface area contributed by atoms with E-state index in [-0.39, 0.29) is 5.91 Å². The fourth-order valence-electron chi connectivity index (χ4n) is 1.09. The molecule has 0 saturated heterocycles. The van der Waals surface area contributed by atoms with Gasteiger partial charge in [-0.25, -0.2) is 5.84 Å². The summed E-state index contributed by atoms with van der Waals surface area (Å²) in [4.78, 5) is 13.0. The number of rotatable bonds is 6. The number of hydrogen-bond donors (Lipinski definition) is 2.